The maximum Gasteiger partial charge on any atom is 0.500 e. The van der Waals surface area contributed by atoms with E-state index in [4.69, 9.17) is 13.3 Å². The van der Waals surface area contributed by atoms with Crippen molar-refractivity contribution >= 4 is 8.80 Å². The molecule has 0 atom stereocenters. The molecule has 0 saturated carbocycles. The maximum absolute atomic E-state index is 5.53. The van der Waals surface area contributed by atoms with Crippen LogP contribution >= 0.6 is 0 Å². The first-order valence-electron chi connectivity index (χ1n) is 13.1. The number of quaternary nitrogens is 1. The molecular formula is C26H56ClNO3Si. The molecule has 0 aromatic rings. The van der Waals surface area contributed by atoms with Gasteiger partial charge in [0.25, 0.3) is 0 Å². The van der Waals surface area contributed by atoms with Crippen LogP contribution in [0.25, 0.3) is 0 Å². The summed E-state index contributed by atoms with van der Waals surface area (Å²) in [6.45, 7) is 4.69. The van der Waals surface area contributed by atoms with Gasteiger partial charge in [0.05, 0.1) is 27.2 Å². The van der Waals surface area contributed by atoms with Gasteiger partial charge in [-0.1, -0.05) is 70.4 Å². The highest BCUT2D eigenvalue weighted by Gasteiger charge is 2.37. The second-order valence-electron chi connectivity index (χ2n) is 9.72. The highest BCUT2D eigenvalue weighted by Crippen LogP contribution is 2.17. The quantitative estimate of drug-likeness (QED) is 0.0915. The standard InChI is InChI=1S/C26H56NO3Si.ClH/c1-7-8-9-10-11-12-13-14-15-16-17-18-19-20-21-22-24-27(2,3)25-23-26-31(28-4,29-5)30-6;/h14-15H,7-13,16-26H2,1-6H3;1H/q+1;/p-1/b15-14-;. The van der Waals surface area contributed by atoms with Crippen LogP contribution in [0.1, 0.15) is 103 Å². The molecule has 0 aromatic carbocycles. The van der Waals surface area contributed by atoms with Crippen molar-refractivity contribution in [1.82, 2.24) is 0 Å². The van der Waals surface area contributed by atoms with Crippen LogP contribution in [0.5, 0.6) is 0 Å². The van der Waals surface area contributed by atoms with Crippen LogP contribution in [-0.4, -0.2) is 61.8 Å². The fraction of sp³-hybridized carbons (Fsp3) is 0.923. The number of nitrogens with zero attached hydrogens (tertiary/aromatic N) is 1. The number of hydrogen-bond donors (Lipinski definition) is 0. The summed E-state index contributed by atoms with van der Waals surface area (Å²) in [7, 11) is 7.37. The first-order chi connectivity index (χ1) is 14.9. The number of unbranched alkanes of at least 4 members (excludes halogenated alkanes) is 12. The van der Waals surface area contributed by atoms with E-state index in [0.717, 1.165) is 23.5 Å². The third-order valence-electron chi connectivity index (χ3n) is 6.45. The number of halogens is 1. The summed E-state index contributed by atoms with van der Waals surface area (Å²) < 4.78 is 17.7. The average Bonchev–Trinajstić information content (AvgIpc) is 2.76. The van der Waals surface area contributed by atoms with Crippen LogP contribution in [0.15, 0.2) is 12.2 Å². The Labute approximate surface area is 208 Å². The summed E-state index contributed by atoms with van der Waals surface area (Å²) in [6, 6.07) is 0.894. The molecular weight excluding hydrogens is 438 g/mol. The highest BCUT2D eigenvalue weighted by atomic mass is 35.5. The zero-order chi connectivity index (χ0) is 23.3. The molecule has 0 rings (SSSR count). The second kappa shape index (κ2) is 22.9. The zero-order valence-corrected chi connectivity index (χ0v) is 24.2. The number of rotatable bonds is 23. The molecule has 0 bridgehead atoms. The Morgan fingerprint density at radius 1 is 0.594 bits per heavy atom. The molecule has 0 amide bonds. The second-order valence-corrected chi connectivity index (χ2v) is 12.8. The summed E-state index contributed by atoms with van der Waals surface area (Å²) in [4.78, 5) is 0. The van der Waals surface area contributed by atoms with Crippen molar-refractivity contribution in [3.63, 3.8) is 0 Å². The smallest absolute Gasteiger partial charge is 0.500 e. The molecule has 0 spiro atoms. The zero-order valence-electron chi connectivity index (χ0n) is 22.4. The molecule has 0 aliphatic rings. The Morgan fingerprint density at radius 2 is 1.00 bits per heavy atom. The van der Waals surface area contributed by atoms with Gasteiger partial charge >= 0.3 is 8.80 Å². The van der Waals surface area contributed by atoms with Gasteiger partial charge in [-0.25, -0.2) is 0 Å². The van der Waals surface area contributed by atoms with Crippen molar-refractivity contribution in [2.24, 2.45) is 0 Å². The molecule has 0 heterocycles. The minimum absolute atomic E-state index is 0. The molecule has 0 aliphatic carbocycles. The van der Waals surface area contributed by atoms with Crippen molar-refractivity contribution in [1.29, 1.82) is 0 Å². The van der Waals surface area contributed by atoms with Crippen molar-refractivity contribution < 1.29 is 30.2 Å². The van der Waals surface area contributed by atoms with Crippen LogP contribution in [0.3, 0.4) is 0 Å². The van der Waals surface area contributed by atoms with E-state index in [1.54, 1.807) is 21.3 Å². The molecule has 0 unspecified atom stereocenters. The molecule has 194 valence electrons. The largest absolute Gasteiger partial charge is 1.00 e. The van der Waals surface area contributed by atoms with Gasteiger partial charge in [0, 0.05) is 33.8 Å². The van der Waals surface area contributed by atoms with Gasteiger partial charge in [-0.15, -0.1) is 0 Å². The van der Waals surface area contributed by atoms with Gasteiger partial charge in [-0.3, -0.25) is 0 Å². The molecule has 4 nitrogen and oxygen atoms in total. The van der Waals surface area contributed by atoms with E-state index in [1.165, 1.54) is 96.4 Å². The molecule has 0 aliphatic heterocycles. The Morgan fingerprint density at radius 3 is 1.47 bits per heavy atom. The lowest BCUT2D eigenvalue weighted by Gasteiger charge is -2.31. The minimum Gasteiger partial charge on any atom is -1.00 e. The predicted octanol–water partition coefficient (Wildman–Crippen LogP) is 4.37. The van der Waals surface area contributed by atoms with E-state index in [9.17, 15) is 0 Å². The van der Waals surface area contributed by atoms with E-state index in [-0.39, 0.29) is 12.4 Å². The number of allylic oxidation sites excluding steroid dienone is 2. The van der Waals surface area contributed by atoms with E-state index in [2.05, 4.69) is 33.2 Å². The third-order valence-corrected chi connectivity index (χ3v) is 9.29. The topological polar surface area (TPSA) is 27.7 Å². The van der Waals surface area contributed by atoms with E-state index in [1.807, 2.05) is 0 Å². The Hall–Kier alpha value is 0.0869. The van der Waals surface area contributed by atoms with Gasteiger partial charge in [0.15, 0.2) is 0 Å². The lowest BCUT2D eigenvalue weighted by molar-refractivity contribution is -0.890. The highest BCUT2D eigenvalue weighted by molar-refractivity contribution is 6.60. The molecule has 6 heteroatoms. The third kappa shape index (κ3) is 19.5. The van der Waals surface area contributed by atoms with E-state index < -0.39 is 8.80 Å². The van der Waals surface area contributed by atoms with E-state index in [0.29, 0.717) is 0 Å². The Bertz CT molecular complexity index is 410. The van der Waals surface area contributed by atoms with E-state index >= 15 is 0 Å². The number of hydrogen-bond acceptors (Lipinski definition) is 3. The maximum atomic E-state index is 5.53. The van der Waals surface area contributed by atoms with Crippen molar-refractivity contribution in [2.45, 2.75) is 109 Å². The Kier molecular flexibility index (Phi) is 24.5. The molecule has 0 radical (unpaired) electrons. The normalized spacial score (nSPS) is 12.4. The fourth-order valence-electron chi connectivity index (χ4n) is 4.18. The summed E-state index contributed by atoms with van der Waals surface area (Å²) in [6.07, 6.45) is 25.1. The lowest BCUT2D eigenvalue weighted by atomic mass is 10.1. The molecule has 0 N–H and O–H groups in total. The van der Waals surface area contributed by atoms with Crippen molar-refractivity contribution in [3.8, 4) is 0 Å². The van der Waals surface area contributed by atoms with Gasteiger partial charge in [-0.2, -0.15) is 0 Å². The lowest BCUT2D eigenvalue weighted by Crippen LogP contribution is -3.00. The van der Waals surface area contributed by atoms with Crippen LogP contribution < -0.4 is 12.4 Å². The summed E-state index contributed by atoms with van der Waals surface area (Å²) >= 11 is 0. The monoisotopic (exact) mass is 493 g/mol. The summed E-state index contributed by atoms with van der Waals surface area (Å²) in [5.41, 5.74) is 0. The van der Waals surface area contributed by atoms with Crippen LogP contribution in [0.2, 0.25) is 6.04 Å². The predicted molar refractivity (Wildman–Crippen MR) is 137 cm³/mol. The minimum atomic E-state index is -2.41. The van der Waals surface area contributed by atoms with Gasteiger partial charge in [-0.05, 0) is 38.5 Å². The summed E-state index contributed by atoms with van der Waals surface area (Å²) in [5.74, 6) is 0. The summed E-state index contributed by atoms with van der Waals surface area (Å²) in [5, 5.41) is 0. The van der Waals surface area contributed by atoms with Crippen molar-refractivity contribution in [2.75, 3.05) is 48.5 Å². The molecule has 0 aromatic heterocycles. The molecule has 0 saturated heterocycles. The van der Waals surface area contributed by atoms with Gasteiger partial charge in [0.2, 0.25) is 0 Å². The molecule has 32 heavy (non-hydrogen) atoms. The SMILES string of the molecule is CCCCCCCC/C=C\CCCCCCCC[N+](C)(C)CCC[Si](OC)(OC)OC.[Cl-]. The first-order valence-corrected chi connectivity index (χ1v) is 15.0. The average molecular weight is 494 g/mol. The fourth-order valence-corrected chi connectivity index (χ4v) is 5.88. The van der Waals surface area contributed by atoms with Gasteiger partial charge in [0.1, 0.15) is 0 Å². The van der Waals surface area contributed by atoms with Gasteiger partial charge < -0.3 is 30.2 Å². The van der Waals surface area contributed by atoms with Crippen LogP contribution in [0.4, 0.5) is 0 Å². The first kappa shape index (κ1) is 34.3. The van der Waals surface area contributed by atoms with Crippen LogP contribution in [-0.2, 0) is 13.3 Å². The molecule has 0 fully saturated rings. The van der Waals surface area contributed by atoms with Crippen LogP contribution in [0, 0.1) is 0 Å². The Balaban J connectivity index is 0. The van der Waals surface area contributed by atoms with Crippen molar-refractivity contribution in [3.05, 3.63) is 12.2 Å².